The highest BCUT2D eigenvalue weighted by atomic mass is 79.9. The molecule has 82 valence electrons. The van der Waals surface area contributed by atoms with Gasteiger partial charge >= 0.3 is 0 Å². The van der Waals surface area contributed by atoms with E-state index in [1.165, 1.54) is 6.07 Å². The summed E-state index contributed by atoms with van der Waals surface area (Å²) in [5, 5.41) is 9.36. The Bertz CT molecular complexity index is 358. The smallest absolute Gasteiger partial charge is 0.127 e. The largest absolute Gasteiger partial charge is 0.392 e. The fraction of sp³-hybridized carbons (Fsp3) is 0.455. The van der Waals surface area contributed by atoms with Crippen molar-refractivity contribution in [3.63, 3.8) is 0 Å². The SMILES string of the molecule is OC1CCN(Cc2cc(Br)ccc2F)C1. The second-order valence-corrected chi connectivity index (χ2v) is 4.83. The lowest BCUT2D eigenvalue weighted by atomic mass is 10.2. The molecule has 1 aliphatic rings. The molecular weight excluding hydrogens is 261 g/mol. The lowest BCUT2D eigenvalue weighted by molar-refractivity contribution is 0.174. The predicted octanol–water partition coefficient (Wildman–Crippen LogP) is 2.15. The Hall–Kier alpha value is -0.450. The van der Waals surface area contributed by atoms with E-state index in [9.17, 15) is 9.50 Å². The predicted molar refractivity (Wildman–Crippen MR) is 60.0 cm³/mol. The molecule has 0 saturated carbocycles. The standard InChI is InChI=1S/C11H13BrFNO/c12-9-1-2-11(13)8(5-9)6-14-4-3-10(15)7-14/h1-2,5,10,15H,3-4,6-7H2. The number of rotatable bonds is 2. The van der Waals surface area contributed by atoms with E-state index in [1.54, 1.807) is 12.1 Å². The molecule has 4 heteroatoms. The normalized spacial score (nSPS) is 22.2. The van der Waals surface area contributed by atoms with Gasteiger partial charge in [0.05, 0.1) is 6.10 Å². The lowest BCUT2D eigenvalue weighted by Crippen LogP contribution is -2.22. The van der Waals surface area contributed by atoms with Gasteiger partial charge in [0.25, 0.3) is 0 Å². The Balaban J connectivity index is 2.07. The number of nitrogens with zero attached hydrogens (tertiary/aromatic N) is 1. The summed E-state index contributed by atoms with van der Waals surface area (Å²) in [6, 6.07) is 4.95. The summed E-state index contributed by atoms with van der Waals surface area (Å²) in [6.07, 6.45) is 0.538. The molecule has 2 rings (SSSR count). The zero-order valence-electron chi connectivity index (χ0n) is 8.29. The van der Waals surface area contributed by atoms with Crippen LogP contribution in [0.1, 0.15) is 12.0 Å². The maximum atomic E-state index is 13.4. The van der Waals surface area contributed by atoms with E-state index in [-0.39, 0.29) is 11.9 Å². The van der Waals surface area contributed by atoms with Crippen molar-refractivity contribution in [1.82, 2.24) is 4.90 Å². The fourth-order valence-corrected chi connectivity index (χ4v) is 2.27. The molecule has 0 aliphatic carbocycles. The molecule has 1 aromatic carbocycles. The molecule has 1 heterocycles. The number of hydrogen-bond acceptors (Lipinski definition) is 2. The third kappa shape index (κ3) is 2.77. The van der Waals surface area contributed by atoms with Gasteiger partial charge in [0.15, 0.2) is 0 Å². The van der Waals surface area contributed by atoms with Crippen LogP contribution < -0.4 is 0 Å². The highest BCUT2D eigenvalue weighted by Crippen LogP contribution is 2.19. The van der Waals surface area contributed by atoms with Gasteiger partial charge in [-0.1, -0.05) is 15.9 Å². The molecule has 1 fully saturated rings. The van der Waals surface area contributed by atoms with Crippen LogP contribution in [0.3, 0.4) is 0 Å². The van der Waals surface area contributed by atoms with Gasteiger partial charge in [-0.15, -0.1) is 0 Å². The minimum absolute atomic E-state index is 0.181. The molecule has 0 bridgehead atoms. The Morgan fingerprint density at radius 2 is 2.33 bits per heavy atom. The average molecular weight is 274 g/mol. The summed E-state index contributed by atoms with van der Waals surface area (Å²) in [6.45, 7) is 2.06. The van der Waals surface area contributed by atoms with Crippen LogP contribution in [0.15, 0.2) is 22.7 Å². The van der Waals surface area contributed by atoms with Crippen molar-refractivity contribution < 1.29 is 9.50 Å². The van der Waals surface area contributed by atoms with Crippen LogP contribution in [0.2, 0.25) is 0 Å². The maximum absolute atomic E-state index is 13.4. The number of hydrogen-bond donors (Lipinski definition) is 1. The summed E-state index contributed by atoms with van der Waals surface area (Å²) < 4.78 is 14.3. The van der Waals surface area contributed by atoms with Crippen molar-refractivity contribution >= 4 is 15.9 Å². The van der Waals surface area contributed by atoms with Crippen LogP contribution in [0.4, 0.5) is 4.39 Å². The quantitative estimate of drug-likeness (QED) is 0.893. The van der Waals surface area contributed by atoms with Crippen molar-refractivity contribution in [2.45, 2.75) is 19.1 Å². The summed E-state index contributed by atoms with van der Waals surface area (Å²) >= 11 is 3.32. The molecule has 15 heavy (non-hydrogen) atoms. The van der Waals surface area contributed by atoms with Crippen LogP contribution in [0.25, 0.3) is 0 Å². The van der Waals surface area contributed by atoms with Gasteiger partial charge in [-0.25, -0.2) is 4.39 Å². The Morgan fingerprint density at radius 3 is 3.00 bits per heavy atom. The maximum Gasteiger partial charge on any atom is 0.127 e. The highest BCUT2D eigenvalue weighted by Gasteiger charge is 2.20. The van der Waals surface area contributed by atoms with Crippen LogP contribution in [0, 0.1) is 5.82 Å². The summed E-state index contributed by atoms with van der Waals surface area (Å²) in [7, 11) is 0. The summed E-state index contributed by atoms with van der Waals surface area (Å²) in [5.74, 6) is -0.181. The minimum atomic E-state index is -0.250. The number of benzene rings is 1. The van der Waals surface area contributed by atoms with Crippen molar-refractivity contribution in [2.24, 2.45) is 0 Å². The second-order valence-electron chi connectivity index (χ2n) is 3.91. The van der Waals surface area contributed by atoms with E-state index in [4.69, 9.17) is 0 Å². The van der Waals surface area contributed by atoms with Crippen LogP contribution in [-0.4, -0.2) is 29.2 Å². The third-order valence-electron chi connectivity index (χ3n) is 2.65. The number of aliphatic hydroxyl groups is 1. The molecule has 2 nitrogen and oxygen atoms in total. The van der Waals surface area contributed by atoms with Gasteiger partial charge in [-0.2, -0.15) is 0 Å². The third-order valence-corrected chi connectivity index (χ3v) is 3.14. The van der Waals surface area contributed by atoms with Crippen LogP contribution in [0.5, 0.6) is 0 Å². The van der Waals surface area contributed by atoms with E-state index < -0.39 is 0 Å². The zero-order valence-corrected chi connectivity index (χ0v) is 9.87. The van der Waals surface area contributed by atoms with E-state index >= 15 is 0 Å². The van der Waals surface area contributed by atoms with Gasteiger partial charge in [-0.05, 0) is 24.6 Å². The van der Waals surface area contributed by atoms with Gasteiger partial charge in [-0.3, -0.25) is 4.90 Å². The lowest BCUT2D eigenvalue weighted by Gasteiger charge is -2.15. The first kappa shape index (κ1) is 11.0. The molecular formula is C11H13BrFNO. The van der Waals surface area contributed by atoms with Crippen molar-refractivity contribution in [2.75, 3.05) is 13.1 Å². The first-order valence-corrected chi connectivity index (χ1v) is 5.79. The molecule has 1 N–H and O–H groups in total. The Morgan fingerprint density at radius 1 is 1.53 bits per heavy atom. The average Bonchev–Trinajstić information content (AvgIpc) is 2.58. The summed E-state index contributed by atoms with van der Waals surface area (Å²) in [4.78, 5) is 2.06. The second kappa shape index (κ2) is 4.60. The monoisotopic (exact) mass is 273 g/mol. The topological polar surface area (TPSA) is 23.5 Å². The fourth-order valence-electron chi connectivity index (χ4n) is 1.86. The molecule has 1 saturated heterocycles. The number of β-amino-alcohol motifs (C(OH)–C–C–N with tert-alkyl or cyclic N) is 1. The number of aliphatic hydroxyl groups excluding tert-OH is 1. The first-order chi connectivity index (χ1) is 7.15. The number of halogens is 2. The summed E-state index contributed by atoms with van der Waals surface area (Å²) in [5.41, 5.74) is 0.679. The van der Waals surface area contributed by atoms with Crippen LogP contribution >= 0.6 is 15.9 Å². The molecule has 1 aromatic rings. The Labute approximate surface area is 96.8 Å². The van der Waals surface area contributed by atoms with Gasteiger partial charge < -0.3 is 5.11 Å². The molecule has 1 unspecified atom stereocenters. The van der Waals surface area contributed by atoms with Crippen LogP contribution in [-0.2, 0) is 6.54 Å². The number of likely N-dealkylation sites (tertiary alicyclic amines) is 1. The molecule has 0 aromatic heterocycles. The van der Waals surface area contributed by atoms with E-state index in [2.05, 4.69) is 20.8 Å². The Kier molecular flexibility index (Phi) is 3.38. The van der Waals surface area contributed by atoms with Gasteiger partial charge in [0.1, 0.15) is 5.82 Å². The van der Waals surface area contributed by atoms with Gasteiger partial charge in [0, 0.05) is 29.7 Å². The van der Waals surface area contributed by atoms with Crippen molar-refractivity contribution in [1.29, 1.82) is 0 Å². The van der Waals surface area contributed by atoms with Gasteiger partial charge in [0.2, 0.25) is 0 Å². The minimum Gasteiger partial charge on any atom is -0.392 e. The van der Waals surface area contributed by atoms with E-state index in [0.29, 0.717) is 18.7 Å². The van der Waals surface area contributed by atoms with Crippen molar-refractivity contribution in [3.8, 4) is 0 Å². The van der Waals surface area contributed by atoms with Crippen molar-refractivity contribution in [3.05, 3.63) is 34.1 Å². The molecule has 1 aliphatic heterocycles. The van der Waals surface area contributed by atoms with E-state index in [0.717, 1.165) is 17.4 Å². The molecule has 1 atom stereocenters. The zero-order chi connectivity index (χ0) is 10.8. The molecule has 0 amide bonds. The highest BCUT2D eigenvalue weighted by molar-refractivity contribution is 9.10. The first-order valence-electron chi connectivity index (χ1n) is 4.99. The van der Waals surface area contributed by atoms with E-state index in [1.807, 2.05) is 0 Å². The molecule has 0 radical (unpaired) electrons. The molecule has 0 spiro atoms.